The molecule has 2 unspecified atom stereocenters. The minimum atomic E-state index is -0.585. The van der Waals surface area contributed by atoms with Gasteiger partial charge in [-0.3, -0.25) is 4.79 Å². The van der Waals surface area contributed by atoms with E-state index >= 15 is 0 Å². The van der Waals surface area contributed by atoms with Crippen molar-refractivity contribution >= 4 is 18.5 Å². The van der Waals surface area contributed by atoms with Gasteiger partial charge in [-0.2, -0.15) is 12.6 Å². The first-order valence-electron chi connectivity index (χ1n) is 9.33. The normalized spacial score (nSPS) is 17.7. The first kappa shape index (κ1) is 19.8. The molecular weight excluding hydrogens is 360 g/mol. The number of fused-ring (bicyclic) bond motifs is 1. The van der Waals surface area contributed by atoms with Gasteiger partial charge in [0, 0.05) is 30.6 Å². The van der Waals surface area contributed by atoms with Crippen LogP contribution in [0.4, 0.5) is 0 Å². The van der Waals surface area contributed by atoms with E-state index < -0.39 is 6.04 Å². The smallest absolute Gasteiger partial charge is 0.241 e. The number of ether oxygens (including phenoxy) is 1. The summed E-state index contributed by atoms with van der Waals surface area (Å²) in [6.45, 7) is 5.65. The number of benzene rings is 1. The molecule has 27 heavy (non-hydrogen) atoms. The summed E-state index contributed by atoms with van der Waals surface area (Å²) in [4.78, 5) is 19.6. The molecule has 146 valence electrons. The Morgan fingerprint density at radius 1 is 1.37 bits per heavy atom. The molecule has 0 aliphatic carbocycles. The van der Waals surface area contributed by atoms with Gasteiger partial charge in [0.15, 0.2) is 0 Å². The number of carbonyl (C=O) groups is 1. The third kappa shape index (κ3) is 3.99. The van der Waals surface area contributed by atoms with Gasteiger partial charge in [0.1, 0.15) is 11.6 Å². The molecule has 0 fully saturated rings. The third-order valence-corrected chi connectivity index (χ3v) is 5.33. The average molecular weight is 389 g/mol. The van der Waals surface area contributed by atoms with Crippen molar-refractivity contribution < 1.29 is 9.53 Å². The highest BCUT2D eigenvalue weighted by atomic mass is 32.1. The summed E-state index contributed by atoms with van der Waals surface area (Å²) < 4.78 is 7.65. The topological polar surface area (TPSA) is 73.4 Å². The summed E-state index contributed by atoms with van der Waals surface area (Å²) in [5.74, 6) is 2.41. The van der Waals surface area contributed by atoms with Crippen LogP contribution in [0.2, 0.25) is 0 Å². The zero-order chi connectivity index (χ0) is 19.6. The number of carbonyl (C=O) groups excluding carboxylic acids is 1. The number of thiol groups is 1. The molecule has 1 aromatic carbocycles. The minimum Gasteiger partial charge on any atom is -0.496 e. The summed E-state index contributed by atoms with van der Waals surface area (Å²) in [6, 6.07) is 7.19. The van der Waals surface area contributed by atoms with Crippen molar-refractivity contribution in [2.75, 3.05) is 19.4 Å². The number of aromatic nitrogens is 2. The Morgan fingerprint density at radius 3 is 2.78 bits per heavy atom. The summed E-state index contributed by atoms with van der Waals surface area (Å²) in [5.41, 5.74) is 7.80. The second-order valence-electron chi connectivity index (χ2n) is 7.34. The zero-order valence-electron chi connectivity index (χ0n) is 16.1. The van der Waals surface area contributed by atoms with Crippen LogP contribution in [0.15, 0.2) is 30.5 Å². The lowest BCUT2D eigenvalue weighted by Crippen LogP contribution is -2.50. The molecule has 2 aromatic rings. The van der Waals surface area contributed by atoms with Crippen molar-refractivity contribution in [1.82, 2.24) is 14.5 Å². The van der Waals surface area contributed by atoms with E-state index in [2.05, 4.69) is 37.2 Å². The Balaban J connectivity index is 2.00. The number of hydrogen-bond donors (Lipinski definition) is 2. The van der Waals surface area contributed by atoms with Crippen LogP contribution in [0.5, 0.6) is 5.75 Å². The van der Waals surface area contributed by atoms with Crippen molar-refractivity contribution in [1.29, 1.82) is 0 Å². The molecule has 2 atom stereocenters. The van der Waals surface area contributed by atoms with Crippen LogP contribution in [-0.2, 0) is 11.3 Å². The lowest BCUT2D eigenvalue weighted by Gasteiger charge is -2.38. The van der Waals surface area contributed by atoms with E-state index in [0.717, 1.165) is 29.3 Å². The van der Waals surface area contributed by atoms with Crippen LogP contribution in [0, 0.1) is 5.92 Å². The number of hydrogen-bond acceptors (Lipinski definition) is 5. The van der Waals surface area contributed by atoms with E-state index in [1.54, 1.807) is 7.11 Å². The Bertz CT molecular complexity index is 805. The molecular formula is C20H28N4O2S. The van der Waals surface area contributed by atoms with Gasteiger partial charge in [-0.1, -0.05) is 26.0 Å². The Morgan fingerprint density at radius 2 is 2.11 bits per heavy atom. The van der Waals surface area contributed by atoms with Crippen molar-refractivity contribution in [3.63, 3.8) is 0 Å². The van der Waals surface area contributed by atoms with Crippen molar-refractivity contribution in [3.8, 4) is 17.0 Å². The van der Waals surface area contributed by atoms with Gasteiger partial charge in [-0.15, -0.1) is 0 Å². The number of rotatable bonds is 6. The van der Waals surface area contributed by atoms with E-state index in [1.807, 2.05) is 29.2 Å². The number of para-hydroxylation sites is 1. The molecule has 3 rings (SSSR count). The van der Waals surface area contributed by atoms with Gasteiger partial charge in [0.2, 0.25) is 5.91 Å². The van der Waals surface area contributed by atoms with Crippen molar-refractivity contribution in [2.24, 2.45) is 11.7 Å². The van der Waals surface area contributed by atoms with Crippen LogP contribution < -0.4 is 10.5 Å². The van der Waals surface area contributed by atoms with Crippen molar-refractivity contribution in [2.45, 2.75) is 38.9 Å². The Kier molecular flexibility index (Phi) is 6.11. The fourth-order valence-corrected chi connectivity index (χ4v) is 3.76. The minimum absolute atomic E-state index is 0.0521. The molecule has 6 nitrogen and oxygen atoms in total. The molecule has 0 bridgehead atoms. The predicted octanol–water partition coefficient (Wildman–Crippen LogP) is 2.75. The van der Waals surface area contributed by atoms with E-state index in [0.29, 0.717) is 24.8 Å². The largest absolute Gasteiger partial charge is 0.496 e. The molecule has 1 amide bonds. The number of amides is 1. The van der Waals surface area contributed by atoms with Crippen LogP contribution in [0.25, 0.3) is 11.3 Å². The number of nitrogens with zero attached hydrogens (tertiary/aromatic N) is 3. The Labute approximate surface area is 166 Å². The molecule has 7 heteroatoms. The monoisotopic (exact) mass is 388 g/mol. The molecule has 0 spiro atoms. The summed E-state index contributed by atoms with van der Waals surface area (Å²) in [5, 5.41) is 0. The number of nitrogens with two attached hydrogens (primary N) is 1. The highest BCUT2D eigenvalue weighted by molar-refractivity contribution is 7.80. The second-order valence-corrected chi connectivity index (χ2v) is 7.71. The molecule has 0 saturated heterocycles. The summed E-state index contributed by atoms with van der Waals surface area (Å²) >= 11 is 4.20. The molecule has 2 N–H and O–H groups in total. The highest BCUT2D eigenvalue weighted by Gasteiger charge is 2.35. The molecule has 1 aliphatic heterocycles. The van der Waals surface area contributed by atoms with Gasteiger partial charge in [-0.25, -0.2) is 4.98 Å². The number of imidazole rings is 1. The van der Waals surface area contributed by atoms with Gasteiger partial charge >= 0.3 is 0 Å². The predicted molar refractivity (Wildman–Crippen MR) is 110 cm³/mol. The van der Waals surface area contributed by atoms with Crippen molar-refractivity contribution in [3.05, 3.63) is 36.3 Å². The van der Waals surface area contributed by atoms with Crippen LogP contribution in [-0.4, -0.2) is 45.8 Å². The van der Waals surface area contributed by atoms with Gasteiger partial charge in [-0.05, 0) is 24.5 Å². The van der Waals surface area contributed by atoms with Gasteiger partial charge < -0.3 is 19.9 Å². The second kappa shape index (κ2) is 8.35. The molecule has 0 saturated carbocycles. The van der Waals surface area contributed by atoms with E-state index in [9.17, 15) is 4.79 Å². The fraction of sp³-hybridized carbons (Fsp3) is 0.500. The molecule has 0 radical (unpaired) electrons. The molecule has 1 aliphatic rings. The van der Waals surface area contributed by atoms with E-state index in [-0.39, 0.29) is 11.9 Å². The maximum atomic E-state index is 12.8. The van der Waals surface area contributed by atoms with Crippen LogP contribution in [0.3, 0.4) is 0 Å². The summed E-state index contributed by atoms with van der Waals surface area (Å²) in [6.07, 6.45) is 2.90. The van der Waals surface area contributed by atoms with Crippen LogP contribution in [0.1, 0.15) is 32.1 Å². The first-order chi connectivity index (χ1) is 13.0. The van der Waals surface area contributed by atoms with E-state index in [1.165, 1.54) is 0 Å². The molecule has 1 aromatic heterocycles. The van der Waals surface area contributed by atoms with Gasteiger partial charge in [0.25, 0.3) is 0 Å². The average Bonchev–Trinajstić information content (AvgIpc) is 3.11. The lowest BCUT2D eigenvalue weighted by molar-refractivity contribution is -0.136. The first-order valence-corrected chi connectivity index (χ1v) is 9.96. The molecule has 2 heterocycles. The number of methoxy groups -OCH3 is 1. The third-order valence-electron chi connectivity index (χ3n) is 4.94. The van der Waals surface area contributed by atoms with Gasteiger partial charge in [0.05, 0.1) is 24.9 Å². The zero-order valence-corrected chi connectivity index (χ0v) is 17.0. The van der Waals surface area contributed by atoms with E-state index in [4.69, 9.17) is 15.5 Å². The standard InChI is InChI=1S/C20H28N4O2S/c1-13(2)10-17-19-22-16(14-6-4-5-7-18(14)26-3)11-23(19)8-9-24(17)20(25)15(21)12-27/h4-7,11,13,15,17,27H,8-10,12,21H2,1-3H3. The quantitative estimate of drug-likeness (QED) is 0.747. The summed E-state index contributed by atoms with van der Waals surface area (Å²) in [7, 11) is 1.66. The fourth-order valence-electron chi connectivity index (χ4n) is 3.61. The lowest BCUT2D eigenvalue weighted by atomic mass is 9.99. The van der Waals surface area contributed by atoms with Crippen LogP contribution >= 0.6 is 12.6 Å². The SMILES string of the molecule is COc1ccccc1-c1cn2c(n1)C(CC(C)C)N(C(=O)C(N)CS)CC2. The Hall–Kier alpha value is -1.99. The maximum absolute atomic E-state index is 12.8. The highest BCUT2D eigenvalue weighted by Crippen LogP contribution is 2.35. The maximum Gasteiger partial charge on any atom is 0.241 e.